The van der Waals surface area contributed by atoms with Gasteiger partial charge in [-0.1, -0.05) is 0 Å². The number of hydrogen-bond acceptors (Lipinski definition) is 4. The fraction of sp³-hybridized carbons (Fsp3) is 0.400. The van der Waals surface area contributed by atoms with Crippen molar-refractivity contribution in [1.82, 2.24) is 10.3 Å². The molecule has 1 aromatic carbocycles. The Balaban J connectivity index is 1.98. The van der Waals surface area contributed by atoms with Crippen LogP contribution in [0.1, 0.15) is 13.3 Å². The summed E-state index contributed by atoms with van der Waals surface area (Å²) >= 11 is 0. The summed E-state index contributed by atoms with van der Waals surface area (Å²) in [4.78, 5) is 4.45. The molecule has 2 aromatic rings. The number of aromatic nitrogens is 1. The molecule has 1 atom stereocenters. The SMILES string of the molecule is CCOc1ccc(NC2CCNC2)c2cccnc12. The summed E-state index contributed by atoms with van der Waals surface area (Å²) in [5.41, 5.74) is 2.07. The first-order valence-electron chi connectivity index (χ1n) is 6.86. The van der Waals surface area contributed by atoms with E-state index in [2.05, 4.69) is 27.8 Å². The van der Waals surface area contributed by atoms with Gasteiger partial charge in [-0.3, -0.25) is 4.98 Å². The van der Waals surface area contributed by atoms with Crippen molar-refractivity contribution in [3.63, 3.8) is 0 Å². The molecule has 19 heavy (non-hydrogen) atoms. The average molecular weight is 257 g/mol. The standard InChI is InChI=1S/C15H19N3O/c1-2-19-14-6-5-13(18-11-7-9-16-10-11)12-4-3-8-17-15(12)14/h3-6,8,11,16,18H,2,7,9-10H2,1H3. The molecule has 0 saturated carbocycles. The van der Waals surface area contributed by atoms with Crippen molar-refractivity contribution in [3.8, 4) is 5.75 Å². The van der Waals surface area contributed by atoms with Crippen LogP contribution < -0.4 is 15.4 Å². The van der Waals surface area contributed by atoms with E-state index in [0.717, 1.165) is 41.9 Å². The van der Waals surface area contributed by atoms with Crippen molar-refractivity contribution in [2.24, 2.45) is 0 Å². The molecule has 100 valence electrons. The Morgan fingerprint density at radius 2 is 2.37 bits per heavy atom. The van der Waals surface area contributed by atoms with Crippen molar-refractivity contribution in [3.05, 3.63) is 30.5 Å². The van der Waals surface area contributed by atoms with Gasteiger partial charge < -0.3 is 15.4 Å². The van der Waals surface area contributed by atoms with Gasteiger partial charge in [-0.25, -0.2) is 0 Å². The molecule has 1 aliphatic heterocycles. The molecular weight excluding hydrogens is 238 g/mol. The second kappa shape index (κ2) is 5.45. The predicted molar refractivity (Wildman–Crippen MR) is 77.8 cm³/mol. The van der Waals surface area contributed by atoms with Gasteiger partial charge in [0.05, 0.1) is 6.61 Å². The van der Waals surface area contributed by atoms with E-state index in [0.29, 0.717) is 12.6 Å². The second-order valence-corrected chi connectivity index (χ2v) is 4.78. The van der Waals surface area contributed by atoms with Crippen molar-refractivity contribution in [2.45, 2.75) is 19.4 Å². The van der Waals surface area contributed by atoms with E-state index in [1.807, 2.05) is 25.3 Å². The molecule has 0 radical (unpaired) electrons. The molecule has 0 aliphatic carbocycles. The first kappa shape index (κ1) is 12.2. The Bertz CT molecular complexity index is 564. The average Bonchev–Trinajstić information content (AvgIpc) is 2.95. The summed E-state index contributed by atoms with van der Waals surface area (Å²) in [6.45, 7) is 4.76. The Labute approximate surface area is 113 Å². The summed E-state index contributed by atoms with van der Waals surface area (Å²) in [6, 6.07) is 8.66. The Morgan fingerprint density at radius 1 is 1.42 bits per heavy atom. The zero-order chi connectivity index (χ0) is 13.1. The highest BCUT2D eigenvalue weighted by atomic mass is 16.5. The van der Waals surface area contributed by atoms with E-state index in [4.69, 9.17) is 4.74 Å². The molecule has 2 N–H and O–H groups in total. The van der Waals surface area contributed by atoms with Gasteiger partial charge in [0.15, 0.2) is 0 Å². The van der Waals surface area contributed by atoms with Gasteiger partial charge in [0, 0.05) is 29.9 Å². The van der Waals surface area contributed by atoms with Gasteiger partial charge in [-0.2, -0.15) is 0 Å². The molecule has 0 amide bonds. The van der Waals surface area contributed by atoms with Crippen molar-refractivity contribution >= 4 is 16.6 Å². The predicted octanol–water partition coefficient (Wildman–Crippen LogP) is 2.41. The topological polar surface area (TPSA) is 46.2 Å². The van der Waals surface area contributed by atoms with E-state index in [9.17, 15) is 0 Å². The lowest BCUT2D eigenvalue weighted by molar-refractivity contribution is 0.343. The monoisotopic (exact) mass is 257 g/mol. The van der Waals surface area contributed by atoms with Crippen LogP contribution in [-0.4, -0.2) is 30.7 Å². The maximum atomic E-state index is 5.64. The van der Waals surface area contributed by atoms with E-state index < -0.39 is 0 Å². The van der Waals surface area contributed by atoms with Crippen LogP contribution >= 0.6 is 0 Å². The summed E-state index contributed by atoms with van der Waals surface area (Å²) < 4.78 is 5.64. The van der Waals surface area contributed by atoms with Crippen molar-refractivity contribution < 1.29 is 4.74 Å². The lowest BCUT2D eigenvalue weighted by Crippen LogP contribution is -2.22. The minimum Gasteiger partial charge on any atom is -0.492 e. The minimum atomic E-state index is 0.501. The van der Waals surface area contributed by atoms with Crippen molar-refractivity contribution in [1.29, 1.82) is 0 Å². The van der Waals surface area contributed by atoms with Crippen LogP contribution in [0.3, 0.4) is 0 Å². The van der Waals surface area contributed by atoms with Gasteiger partial charge in [0.25, 0.3) is 0 Å². The highest BCUT2D eigenvalue weighted by molar-refractivity contribution is 5.95. The lowest BCUT2D eigenvalue weighted by atomic mass is 10.1. The van der Waals surface area contributed by atoms with Crippen LogP contribution in [0, 0.1) is 0 Å². The maximum Gasteiger partial charge on any atom is 0.145 e. The largest absolute Gasteiger partial charge is 0.492 e. The third kappa shape index (κ3) is 2.49. The van der Waals surface area contributed by atoms with Crippen molar-refractivity contribution in [2.75, 3.05) is 25.0 Å². The number of hydrogen-bond donors (Lipinski definition) is 2. The smallest absolute Gasteiger partial charge is 0.145 e. The minimum absolute atomic E-state index is 0.501. The van der Waals surface area contributed by atoms with E-state index in [1.165, 1.54) is 0 Å². The van der Waals surface area contributed by atoms with Crippen LogP contribution in [0.5, 0.6) is 5.75 Å². The molecule has 0 spiro atoms. The van der Waals surface area contributed by atoms with Gasteiger partial charge in [-0.05, 0) is 44.2 Å². The molecule has 1 aliphatic rings. The van der Waals surface area contributed by atoms with E-state index in [1.54, 1.807) is 0 Å². The number of fused-ring (bicyclic) bond motifs is 1. The number of ether oxygens (including phenoxy) is 1. The zero-order valence-electron chi connectivity index (χ0n) is 11.1. The Hall–Kier alpha value is -1.81. The molecule has 0 bridgehead atoms. The summed E-state index contributed by atoms with van der Waals surface area (Å²) in [6.07, 6.45) is 2.97. The highest BCUT2D eigenvalue weighted by Gasteiger charge is 2.16. The molecule has 1 fully saturated rings. The zero-order valence-corrected chi connectivity index (χ0v) is 11.1. The van der Waals surface area contributed by atoms with Gasteiger partial charge in [0.2, 0.25) is 0 Å². The quantitative estimate of drug-likeness (QED) is 0.883. The van der Waals surface area contributed by atoms with Crippen LogP contribution in [-0.2, 0) is 0 Å². The third-order valence-corrected chi connectivity index (χ3v) is 3.45. The number of nitrogens with zero attached hydrogens (tertiary/aromatic N) is 1. The first-order chi connectivity index (χ1) is 9.38. The van der Waals surface area contributed by atoms with Crippen LogP contribution in [0.25, 0.3) is 10.9 Å². The Kier molecular flexibility index (Phi) is 3.51. The van der Waals surface area contributed by atoms with E-state index >= 15 is 0 Å². The normalized spacial score (nSPS) is 18.7. The molecule has 1 aromatic heterocycles. The van der Waals surface area contributed by atoms with Gasteiger partial charge >= 0.3 is 0 Å². The number of benzene rings is 1. The van der Waals surface area contributed by atoms with Crippen LogP contribution in [0.2, 0.25) is 0 Å². The molecule has 2 heterocycles. The highest BCUT2D eigenvalue weighted by Crippen LogP contribution is 2.30. The number of anilines is 1. The maximum absolute atomic E-state index is 5.64. The number of rotatable bonds is 4. The van der Waals surface area contributed by atoms with Gasteiger partial charge in [-0.15, -0.1) is 0 Å². The van der Waals surface area contributed by atoms with E-state index in [-0.39, 0.29) is 0 Å². The van der Waals surface area contributed by atoms with Crippen LogP contribution in [0.15, 0.2) is 30.5 Å². The summed E-state index contributed by atoms with van der Waals surface area (Å²) in [5, 5.41) is 8.09. The summed E-state index contributed by atoms with van der Waals surface area (Å²) in [7, 11) is 0. The summed E-state index contributed by atoms with van der Waals surface area (Å²) in [5.74, 6) is 0.855. The fourth-order valence-electron chi connectivity index (χ4n) is 2.54. The number of nitrogens with one attached hydrogen (secondary N) is 2. The molecule has 1 unspecified atom stereocenters. The Morgan fingerprint density at radius 3 is 3.16 bits per heavy atom. The molecule has 3 rings (SSSR count). The first-order valence-corrected chi connectivity index (χ1v) is 6.86. The molecule has 1 saturated heterocycles. The number of pyridine rings is 1. The molecular formula is C15H19N3O. The fourth-order valence-corrected chi connectivity index (χ4v) is 2.54. The third-order valence-electron chi connectivity index (χ3n) is 3.45. The lowest BCUT2D eigenvalue weighted by Gasteiger charge is -2.16. The van der Waals surface area contributed by atoms with Crippen LogP contribution in [0.4, 0.5) is 5.69 Å². The molecule has 4 heteroatoms. The second-order valence-electron chi connectivity index (χ2n) is 4.78. The molecule has 4 nitrogen and oxygen atoms in total. The van der Waals surface area contributed by atoms with Gasteiger partial charge in [0.1, 0.15) is 11.3 Å².